The Balaban J connectivity index is 1.56. The van der Waals surface area contributed by atoms with Gasteiger partial charge in [-0.05, 0) is 78.4 Å². The summed E-state index contributed by atoms with van der Waals surface area (Å²) in [5, 5.41) is 10.9. The number of benzene rings is 3. The fourth-order valence-corrected chi connectivity index (χ4v) is 5.18. The Bertz CT molecular complexity index is 1370. The Morgan fingerprint density at radius 3 is 2.42 bits per heavy atom. The normalized spacial score (nSPS) is 15.7. The highest BCUT2D eigenvalue weighted by atomic mass is 35.5. The number of carbonyl (C=O) groups excluding carboxylic acids is 1. The first-order valence-corrected chi connectivity index (χ1v) is 12.7. The standard InChI is InChI=1S/C26H19Cl3N2O4S/c1-2-31-24(32)22(36-26(31)30-19-5-3-4-17(13-19)25(33)34)12-16-10-20(28)23(21(29)11-16)35-14-15-6-8-18(27)9-7-15/h3-13H,2,14H2,1H3,(H,33,34). The predicted molar refractivity (Wildman–Crippen MR) is 146 cm³/mol. The second-order valence-electron chi connectivity index (χ2n) is 7.64. The van der Waals surface area contributed by atoms with Crippen molar-refractivity contribution in [2.24, 2.45) is 4.99 Å². The highest BCUT2D eigenvalue weighted by Crippen LogP contribution is 2.38. The Labute approximate surface area is 227 Å². The van der Waals surface area contributed by atoms with Crippen LogP contribution in [0.5, 0.6) is 5.75 Å². The number of nitrogens with zero attached hydrogens (tertiary/aromatic N) is 2. The molecule has 0 spiro atoms. The van der Waals surface area contributed by atoms with Crippen LogP contribution < -0.4 is 4.74 Å². The van der Waals surface area contributed by atoms with E-state index in [9.17, 15) is 14.7 Å². The van der Waals surface area contributed by atoms with Gasteiger partial charge < -0.3 is 9.84 Å². The monoisotopic (exact) mass is 560 g/mol. The Hall–Kier alpha value is -2.97. The van der Waals surface area contributed by atoms with Gasteiger partial charge >= 0.3 is 5.97 Å². The van der Waals surface area contributed by atoms with E-state index in [2.05, 4.69) is 4.99 Å². The second-order valence-corrected chi connectivity index (χ2v) is 9.90. The molecule has 0 atom stereocenters. The number of halogens is 3. The van der Waals surface area contributed by atoms with E-state index < -0.39 is 5.97 Å². The molecule has 0 aliphatic carbocycles. The molecule has 6 nitrogen and oxygen atoms in total. The molecular weight excluding hydrogens is 543 g/mol. The maximum Gasteiger partial charge on any atom is 0.335 e. The third-order valence-corrected chi connectivity index (χ3v) is 6.96. The van der Waals surface area contributed by atoms with Gasteiger partial charge in [0, 0.05) is 11.6 Å². The van der Waals surface area contributed by atoms with Crippen molar-refractivity contribution in [3.05, 3.63) is 97.3 Å². The number of carboxylic acids is 1. The SMILES string of the molecule is CCN1C(=O)C(=Cc2cc(Cl)c(OCc3ccc(Cl)cc3)c(Cl)c2)SC1=Nc1cccc(C(=O)O)c1. The van der Waals surface area contributed by atoms with Crippen LogP contribution in [0, 0.1) is 0 Å². The van der Waals surface area contributed by atoms with Crippen LogP contribution in [0.2, 0.25) is 15.1 Å². The summed E-state index contributed by atoms with van der Waals surface area (Å²) in [4.78, 5) is 30.7. The Morgan fingerprint density at radius 1 is 1.08 bits per heavy atom. The molecule has 1 aliphatic rings. The number of amides is 1. The molecule has 4 rings (SSSR count). The zero-order valence-electron chi connectivity index (χ0n) is 18.9. The Kier molecular flexibility index (Phi) is 8.26. The molecule has 0 radical (unpaired) electrons. The number of ether oxygens (including phenoxy) is 1. The number of aliphatic imine (C=N–C) groups is 1. The fourth-order valence-electron chi connectivity index (χ4n) is 3.38. The van der Waals surface area contributed by atoms with E-state index in [1.54, 1.807) is 42.5 Å². The molecule has 10 heteroatoms. The van der Waals surface area contributed by atoms with Crippen molar-refractivity contribution < 1.29 is 19.4 Å². The van der Waals surface area contributed by atoms with Crippen LogP contribution >= 0.6 is 46.6 Å². The second kappa shape index (κ2) is 11.4. The van der Waals surface area contributed by atoms with E-state index in [0.717, 1.165) is 5.56 Å². The molecule has 0 unspecified atom stereocenters. The molecule has 1 heterocycles. The number of amidine groups is 1. The molecule has 184 valence electrons. The minimum Gasteiger partial charge on any atom is -0.486 e. The van der Waals surface area contributed by atoms with Gasteiger partial charge in [-0.25, -0.2) is 9.79 Å². The number of likely N-dealkylation sites (N-methyl/N-ethyl adjacent to an activating group) is 1. The van der Waals surface area contributed by atoms with Gasteiger partial charge in [-0.2, -0.15) is 0 Å². The van der Waals surface area contributed by atoms with Crippen LogP contribution in [-0.4, -0.2) is 33.6 Å². The number of carbonyl (C=O) groups is 2. The first-order chi connectivity index (χ1) is 17.2. The topological polar surface area (TPSA) is 79.2 Å². The molecule has 1 N–H and O–H groups in total. The van der Waals surface area contributed by atoms with Crippen LogP contribution in [0.1, 0.15) is 28.4 Å². The molecule has 0 saturated carbocycles. The van der Waals surface area contributed by atoms with Crippen molar-refractivity contribution in [1.29, 1.82) is 0 Å². The lowest BCUT2D eigenvalue weighted by Crippen LogP contribution is -2.28. The summed E-state index contributed by atoms with van der Waals surface area (Å²) >= 11 is 20.0. The van der Waals surface area contributed by atoms with Gasteiger partial charge in [-0.3, -0.25) is 9.69 Å². The van der Waals surface area contributed by atoms with E-state index in [0.29, 0.717) is 48.7 Å². The molecule has 3 aromatic rings. The number of carboxylic acid groups (broad SMARTS) is 1. The third-order valence-electron chi connectivity index (χ3n) is 5.14. The smallest absolute Gasteiger partial charge is 0.335 e. The van der Waals surface area contributed by atoms with Gasteiger partial charge in [0.15, 0.2) is 10.9 Å². The van der Waals surface area contributed by atoms with Crippen molar-refractivity contribution in [3.63, 3.8) is 0 Å². The van der Waals surface area contributed by atoms with Gasteiger partial charge in [-0.1, -0.05) is 53.0 Å². The van der Waals surface area contributed by atoms with Crippen molar-refractivity contribution in [2.45, 2.75) is 13.5 Å². The number of thioether (sulfide) groups is 1. The van der Waals surface area contributed by atoms with Crippen molar-refractivity contribution >= 4 is 75.4 Å². The van der Waals surface area contributed by atoms with Gasteiger partial charge in [-0.15, -0.1) is 0 Å². The molecule has 1 aliphatic heterocycles. The molecule has 36 heavy (non-hydrogen) atoms. The predicted octanol–water partition coefficient (Wildman–Crippen LogP) is 7.55. The number of rotatable bonds is 7. The minimum absolute atomic E-state index is 0.118. The third kappa shape index (κ3) is 6.05. The van der Waals surface area contributed by atoms with Crippen LogP contribution in [0.4, 0.5) is 5.69 Å². The molecule has 3 aromatic carbocycles. The minimum atomic E-state index is -1.05. The molecule has 1 amide bonds. The number of hydrogen-bond donors (Lipinski definition) is 1. The molecule has 1 saturated heterocycles. The summed E-state index contributed by atoms with van der Waals surface area (Å²) in [5.41, 5.74) is 2.10. The highest BCUT2D eigenvalue weighted by Gasteiger charge is 2.32. The maximum absolute atomic E-state index is 13.0. The van der Waals surface area contributed by atoms with Gasteiger partial charge in [0.2, 0.25) is 0 Å². The van der Waals surface area contributed by atoms with Crippen molar-refractivity contribution in [2.75, 3.05) is 6.54 Å². The van der Waals surface area contributed by atoms with Crippen molar-refractivity contribution in [1.82, 2.24) is 4.90 Å². The molecular formula is C26H19Cl3N2O4S. The van der Waals surface area contributed by atoms with E-state index in [-0.39, 0.29) is 18.1 Å². The van der Waals surface area contributed by atoms with Gasteiger partial charge in [0.1, 0.15) is 6.61 Å². The average Bonchev–Trinajstić information content (AvgIpc) is 3.13. The van der Waals surface area contributed by atoms with E-state index >= 15 is 0 Å². The van der Waals surface area contributed by atoms with Crippen LogP contribution in [0.25, 0.3) is 6.08 Å². The average molecular weight is 562 g/mol. The lowest BCUT2D eigenvalue weighted by atomic mass is 10.2. The summed E-state index contributed by atoms with van der Waals surface area (Å²) in [6.07, 6.45) is 1.69. The van der Waals surface area contributed by atoms with Crippen LogP contribution in [0.3, 0.4) is 0 Å². The quantitative estimate of drug-likeness (QED) is 0.301. The summed E-state index contributed by atoms with van der Waals surface area (Å²) < 4.78 is 5.82. The summed E-state index contributed by atoms with van der Waals surface area (Å²) in [7, 11) is 0. The van der Waals surface area contributed by atoms with Crippen LogP contribution in [0.15, 0.2) is 70.6 Å². The number of hydrogen-bond acceptors (Lipinski definition) is 5. The van der Waals surface area contributed by atoms with Gasteiger partial charge in [0.05, 0.1) is 26.2 Å². The molecule has 0 aromatic heterocycles. The largest absolute Gasteiger partial charge is 0.486 e. The zero-order valence-corrected chi connectivity index (χ0v) is 22.0. The van der Waals surface area contributed by atoms with E-state index in [1.165, 1.54) is 28.8 Å². The first kappa shape index (κ1) is 26.1. The lowest BCUT2D eigenvalue weighted by Gasteiger charge is -2.12. The summed E-state index contributed by atoms with van der Waals surface area (Å²) in [6, 6.07) is 16.8. The first-order valence-electron chi connectivity index (χ1n) is 10.7. The maximum atomic E-state index is 13.0. The Morgan fingerprint density at radius 2 is 1.78 bits per heavy atom. The summed E-state index contributed by atoms with van der Waals surface area (Å²) in [5.74, 6) is -0.919. The van der Waals surface area contributed by atoms with E-state index in [4.69, 9.17) is 39.5 Å². The summed E-state index contributed by atoms with van der Waals surface area (Å²) in [6.45, 7) is 2.50. The fraction of sp³-hybridized carbons (Fsp3) is 0.115. The van der Waals surface area contributed by atoms with E-state index in [1.807, 2.05) is 19.1 Å². The number of aromatic carboxylic acids is 1. The molecule has 1 fully saturated rings. The zero-order chi connectivity index (χ0) is 25.8. The van der Waals surface area contributed by atoms with Crippen molar-refractivity contribution in [3.8, 4) is 5.75 Å². The highest BCUT2D eigenvalue weighted by molar-refractivity contribution is 8.18. The van der Waals surface area contributed by atoms with Gasteiger partial charge in [0.25, 0.3) is 5.91 Å². The van der Waals surface area contributed by atoms with Crippen LogP contribution in [-0.2, 0) is 11.4 Å². The molecule has 0 bridgehead atoms. The lowest BCUT2D eigenvalue weighted by molar-refractivity contribution is -0.122.